The normalized spacial score (nSPS) is 10.9. The predicted molar refractivity (Wildman–Crippen MR) is 120 cm³/mol. The summed E-state index contributed by atoms with van der Waals surface area (Å²) in [5.41, 5.74) is 4.32. The van der Waals surface area contributed by atoms with E-state index in [2.05, 4.69) is 15.4 Å². The molecule has 0 bridgehead atoms. The van der Waals surface area contributed by atoms with Crippen molar-refractivity contribution in [1.29, 1.82) is 0 Å². The summed E-state index contributed by atoms with van der Waals surface area (Å²) in [6.45, 7) is 3.79. The average Bonchev–Trinajstić information content (AvgIpc) is 3.34. The zero-order valence-electron chi connectivity index (χ0n) is 17.1. The molecule has 0 saturated carbocycles. The number of aryl methyl sites for hydroxylation is 2. The van der Waals surface area contributed by atoms with Gasteiger partial charge in [-0.2, -0.15) is 4.68 Å². The van der Waals surface area contributed by atoms with Gasteiger partial charge < -0.3 is 5.32 Å². The molecule has 0 aliphatic heterocycles. The predicted octanol–water partition coefficient (Wildman–Crippen LogP) is 4.62. The van der Waals surface area contributed by atoms with Crippen LogP contribution in [0.15, 0.2) is 58.7 Å². The summed E-state index contributed by atoms with van der Waals surface area (Å²) < 4.78 is 14.5. The van der Waals surface area contributed by atoms with Gasteiger partial charge in [0.2, 0.25) is 11.0 Å². The van der Waals surface area contributed by atoms with Crippen LogP contribution in [0.1, 0.15) is 23.2 Å². The van der Waals surface area contributed by atoms with Gasteiger partial charge in [-0.15, -0.1) is 11.3 Å². The fourth-order valence-corrected chi connectivity index (χ4v) is 4.02. The Morgan fingerprint density at radius 1 is 1.13 bits per heavy atom. The number of thiazole rings is 1. The number of anilines is 1. The minimum Gasteiger partial charge on any atom is -0.326 e. The molecule has 0 saturated heterocycles. The Bertz CT molecular complexity index is 1270. The standard InChI is InChI=1S/C23H21FN4O2S/c1-14-3-9-18(10-4-14)25-21(29)12-11-19-15(2)27-28(22(19)30)23-26-20(13-31-23)16-5-7-17(24)8-6-16/h3-10,13,27H,11-12H2,1-2H3,(H,25,29). The summed E-state index contributed by atoms with van der Waals surface area (Å²) in [5, 5.41) is 8.20. The van der Waals surface area contributed by atoms with Crippen LogP contribution in [0.2, 0.25) is 0 Å². The van der Waals surface area contributed by atoms with Crippen molar-refractivity contribution < 1.29 is 9.18 Å². The number of benzene rings is 2. The number of nitrogens with one attached hydrogen (secondary N) is 2. The second-order valence-electron chi connectivity index (χ2n) is 7.29. The van der Waals surface area contributed by atoms with Crippen LogP contribution >= 0.6 is 11.3 Å². The molecule has 6 nitrogen and oxygen atoms in total. The molecule has 0 spiro atoms. The molecule has 1 amide bonds. The summed E-state index contributed by atoms with van der Waals surface area (Å²) in [6.07, 6.45) is 0.516. The zero-order chi connectivity index (χ0) is 22.0. The summed E-state index contributed by atoms with van der Waals surface area (Å²) in [6, 6.07) is 13.6. The highest BCUT2D eigenvalue weighted by Gasteiger charge is 2.16. The highest BCUT2D eigenvalue weighted by Crippen LogP contribution is 2.24. The second-order valence-corrected chi connectivity index (χ2v) is 8.13. The molecule has 0 unspecified atom stereocenters. The molecule has 2 heterocycles. The topological polar surface area (TPSA) is 79.8 Å². The van der Waals surface area contributed by atoms with Crippen LogP contribution in [0.3, 0.4) is 0 Å². The Morgan fingerprint density at radius 3 is 2.55 bits per heavy atom. The molecule has 2 N–H and O–H groups in total. The minimum atomic E-state index is -0.313. The molecule has 0 aliphatic rings. The molecule has 4 rings (SSSR count). The Hall–Kier alpha value is -3.52. The van der Waals surface area contributed by atoms with Crippen LogP contribution in [0, 0.1) is 19.7 Å². The van der Waals surface area contributed by atoms with Crippen LogP contribution in [0.4, 0.5) is 10.1 Å². The minimum absolute atomic E-state index is 0.150. The van der Waals surface area contributed by atoms with Crippen LogP contribution in [0.5, 0.6) is 0 Å². The van der Waals surface area contributed by atoms with E-state index in [4.69, 9.17) is 0 Å². The molecular formula is C23H21FN4O2S. The number of aromatic amines is 1. The van der Waals surface area contributed by atoms with Gasteiger partial charge >= 0.3 is 0 Å². The van der Waals surface area contributed by atoms with Crippen LogP contribution in [-0.2, 0) is 11.2 Å². The van der Waals surface area contributed by atoms with Crippen LogP contribution in [0.25, 0.3) is 16.4 Å². The smallest absolute Gasteiger partial charge is 0.276 e. The maximum absolute atomic E-state index is 13.1. The monoisotopic (exact) mass is 436 g/mol. The summed E-state index contributed by atoms with van der Waals surface area (Å²) in [5.74, 6) is -0.463. The number of rotatable bonds is 6. The van der Waals surface area contributed by atoms with Crippen molar-refractivity contribution in [2.24, 2.45) is 0 Å². The van der Waals surface area contributed by atoms with E-state index in [0.29, 0.717) is 28.5 Å². The highest BCUT2D eigenvalue weighted by molar-refractivity contribution is 7.12. The molecule has 2 aromatic carbocycles. The molecule has 0 radical (unpaired) electrons. The molecule has 4 aromatic rings. The number of amides is 1. The van der Waals surface area contributed by atoms with Crippen molar-refractivity contribution >= 4 is 22.9 Å². The summed E-state index contributed by atoms with van der Waals surface area (Å²) in [7, 11) is 0. The molecule has 8 heteroatoms. The van der Waals surface area contributed by atoms with E-state index in [1.807, 2.05) is 36.6 Å². The molecule has 0 aliphatic carbocycles. The first-order chi connectivity index (χ1) is 14.9. The van der Waals surface area contributed by atoms with Gasteiger partial charge in [-0.1, -0.05) is 17.7 Å². The average molecular weight is 437 g/mol. The fourth-order valence-electron chi connectivity index (χ4n) is 3.23. The van der Waals surface area contributed by atoms with Crippen molar-refractivity contribution in [1.82, 2.24) is 14.8 Å². The second kappa shape index (κ2) is 8.69. The first kappa shape index (κ1) is 20.7. The summed E-state index contributed by atoms with van der Waals surface area (Å²) >= 11 is 1.31. The largest absolute Gasteiger partial charge is 0.326 e. The molecule has 0 fully saturated rings. The lowest BCUT2D eigenvalue weighted by Crippen LogP contribution is -2.19. The van der Waals surface area contributed by atoms with Crippen molar-refractivity contribution in [3.63, 3.8) is 0 Å². The van der Waals surface area contributed by atoms with Crippen molar-refractivity contribution in [2.45, 2.75) is 26.7 Å². The number of H-pyrrole nitrogens is 1. The number of hydrogen-bond donors (Lipinski definition) is 2. The van der Waals surface area contributed by atoms with Gasteiger partial charge in [0.15, 0.2) is 0 Å². The number of carbonyl (C=O) groups excluding carboxylic acids is 1. The lowest BCUT2D eigenvalue weighted by atomic mass is 10.1. The van der Waals surface area contributed by atoms with E-state index in [-0.39, 0.29) is 23.7 Å². The van der Waals surface area contributed by atoms with Crippen molar-refractivity contribution in [2.75, 3.05) is 5.32 Å². The van der Waals surface area contributed by atoms with E-state index in [1.165, 1.54) is 28.2 Å². The Labute approximate surface area is 182 Å². The van der Waals surface area contributed by atoms with Gasteiger partial charge in [-0.3, -0.25) is 14.7 Å². The quantitative estimate of drug-likeness (QED) is 0.463. The van der Waals surface area contributed by atoms with E-state index < -0.39 is 0 Å². The van der Waals surface area contributed by atoms with Crippen LogP contribution < -0.4 is 10.9 Å². The fraction of sp³-hybridized carbons (Fsp3) is 0.174. The first-order valence-corrected chi connectivity index (χ1v) is 10.7. The van der Waals surface area contributed by atoms with Gasteiger partial charge in [-0.25, -0.2) is 9.37 Å². The Morgan fingerprint density at radius 2 is 1.84 bits per heavy atom. The Balaban J connectivity index is 1.47. The molecule has 0 atom stereocenters. The zero-order valence-corrected chi connectivity index (χ0v) is 17.9. The third-order valence-electron chi connectivity index (χ3n) is 4.95. The number of aromatic nitrogens is 3. The third-order valence-corrected chi connectivity index (χ3v) is 5.78. The molecule has 2 aromatic heterocycles. The third kappa shape index (κ3) is 4.64. The van der Waals surface area contributed by atoms with Crippen molar-refractivity contribution in [3.8, 4) is 16.4 Å². The Kier molecular flexibility index (Phi) is 5.81. The van der Waals surface area contributed by atoms with Gasteiger partial charge in [-0.05, 0) is 56.7 Å². The number of halogens is 1. The number of carbonyl (C=O) groups is 1. The maximum Gasteiger partial charge on any atom is 0.276 e. The van der Waals surface area contributed by atoms with Gasteiger partial charge in [0, 0.05) is 34.3 Å². The number of nitrogens with zero attached hydrogens (tertiary/aromatic N) is 2. The number of hydrogen-bond acceptors (Lipinski definition) is 4. The lowest BCUT2D eigenvalue weighted by molar-refractivity contribution is -0.116. The van der Waals surface area contributed by atoms with Gasteiger partial charge in [0.1, 0.15) is 5.82 Å². The SMILES string of the molecule is Cc1ccc(NC(=O)CCc2c(C)[nH]n(-c3nc(-c4ccc(F)cc4)cs3)c2=O)cc1. The highest BCUT2D eigenvalue weighted by atomic mass is 32.1. The van der Waals surface area contributed by atoms with E-state index >= 15 is 0 Å². The van der Waals surface area contributed by atoms with E-state index in [9.17, 15) is 14.0 Å². The van der Waals surface area contributed by atoms with E-state index in [0.717, 1.165) is 16.8 Å². The van der Waals surface area contributed by atoms with Crippen LogP contribution in [-0.4, -0.2) is 20.7 Å². The molecule has 31 heavy (non-hydrogen) atoms. The molecular weight excluding hydrogens is 415 g/mol. The first-order valence-electron chi connectivity index (χ1n) is 9.79. The molecule has 158 valence electrons. The van der Waals surface area contributed by atoms with E-state index in [1.54, 1.807) is 19.1 Å². The van der Waals surface area contributed by atoms with Crippen molar-refractivity contribution in [3.05, 3.63) is 86.9 Å². The maximum atomic E-state index is 13.1. The lowest BCUT2D eigenvalue weighted by Gasteiger charge is -2.05. The van der Waals surface area contributed by atoms with Gasteiger partial charge in [0.05, 0.1) is 5.69 Å². The summed E-state index contributed by atoms with van der Waals surface area (Å²) in [4.78, 5) is 29.7. The van der Waals surface area contributed by atoms with Gasteiger partial charge in [0.25, 0.3) is 5.56 Å².